The van der Waals surface area contributed by atoms with Gasteiger partial charge in [-0.05, 0) is 55.4 Å². The molecule has 40 heavy (non-hydrogen) atoms. The Morgan fingerprint density at radius 1 is 0.550 bits per heavy atom. The lowest BCUT2D eigenvalue weighted by atomic mass is 9.97. The van der Waals surface area contributed by atoms with Gasteiger partial charge in [-0.2, -0.15) is 0 Å². The van der Waals surface area contributed by atoms with E-state index in [4.69, 9.17) is 56.8 Å². The van der Waals surface area contributed by atoms with Crippen molar-refractivity contribution in [3.8, 4) is 0 Å². The summed E-state index contributed by atoms with van der Waals surface area (Å²) in [5.74, 6) is -5.25. The van der Waals surface area contributed by atoms with Crippen LogP contribution < -0.4 is 0 Å². The summed E-state index contributed by atoms with van der Waals surface area (Å²) < 4.78 is 73.3. The standard InChI is InChI=1S/C28H44O12/c1-23(2)33-17-13-31-27(21(19(17)35-23)37-25(5,6)39-27)15-29-11-9-10-12-30-16-28-22(38-26(7,8)40-28)20-18(14-32-28)34-24(3,4)36-20/h9-10,17-22H,11-16H2,1-8H3/b10-9+/t17-,18-,19-,20-,21+,22+,27+,28+/m1/s1. The van der Waals surface area contributed by atoms with Gasteiger partial charge >= 0.3 is 0 Å². The first-order valence-electron chi connectivity index (χ1n) is 14.2. The fourth-order valence-electron chi connectivity index (χ4n) is 6.57. The first-order chi connectivity index (χ1) is 18.6. The molecule has 0 aromatic rings. The maximum Gasteiger partial charge on any atom is 0.224 e. The molecule has 0 spiro atoms. The van der Waals surface area contributed by atoms with E-state index in [1.165, 1.54) is 0 Å². The van der Waals surface area contributed by atoms with Crippen LogP contribution in [0.2, 0.25) is 0 Å². The third-order valence-electron chi connectivity index (χ3n) is 7.75. The molecule has 0 unspecified atom stereocenters. The van der Waals surface area contributed by atoms with E-state index in [-0.39, 0.29) is 37.6 Å². The minimum absolute atomic E-state index is 0.180. The maximum atomic E-state index is 6.22. The smallest absolute Gasteiger partial charge is 0.224 e. The molecule has 12 heteroatoms. The molecule has 6 fully saturated rings. The SMILES string of the molecule is CC1(C)O[C@@H]2[C@@H](CO[C@@]3(COC/C=C/COC[C@@]45OC[C@H]6OC(C)(C)O[C@H]6[C@@H]4OC(C)(C)O5)OC(C)(C)O[C@@H]23)O1. The van der Waals surface area contributed by atoms with Gasteiger partial charge in [-0.25, -0.2) is 0 Å². The van der Waals surface area contributed by atoms with E-state index in [2.05, 4.69) is 0 Å². The third-order valence-corrected chi connectivity index (χ3v) is 7.75. The molecule has 0 bridgehead atoms. The van der Waals surface area contributed by atoms with E-state index in [0.717, 1.165) is 0 Å². The van der Waals surface area contributed by atoms with Crippen molar-refractivity contribution in [1.29, 1.82) is 0 Å². The summed E-state index contributed by atoms with van der Waals surface area (Å²) in [5, 5.41) is 0. The Morgan fingerprint density at radius 3 is 1.35 bits per heavy atom. The highest BCUT2D eigenvalue weighted by molar-refractivity contribution is 5.05. The highest BCUT2D eigenvalue weighted by atomic mass is 16.9. The largest absolute Gasteiger partial charge is 0.372 e. The molecule has 6 saturated heterocycles. The summed E-state index contributed by atoms with van der Waals surface area (Å²) in [6.07, 6.45) is 1.76. The summed E-state index contributed by atoms with van der Waals surface area (Å²) >= 11 is 0. The highest BCUT2D eigenvalue weighted by Gasteiger charge is 2.66. The van der Waals surface area contributed by atoms with Crippen LogP contribution in [0.1, 0.15) is 55.4 Å². The molecule has 0 N–H and O–H groups in total. The van der Waals surface area contributed by atoms with Gasteiger partial charge in [-0.3, -0.25) is 0 Å². The van der Waals surface area contributed by atoms with Crippen LogP contribution in [-0.4, -0.2) is 111 Å². The Hall–Kier alpha value is -0.740. The first-order valence-corrected chi connectivity index (χ1v) is 14.2. The number of fused-ring (bicyclic) bond motifs is 6. The zero-order chi connectivity index (χ0) is 28.6. The molecule has 0 amide bonds. The molecule has 6 aliphatic heterocycles. The van der Waals surface area contributed by atoms with E-state index < -0.39 is 46.9 Å². The Balaban J connectivity index is 0.992. The van der Waals surface area contributed by atoms with Crippen molar-refractivity contribution in [2.45, 2.75) is 127 Å². The van der Waals surface area contributed by atoms with E-state index in [0.29, 0.717) is 26.4 Å². The predicted molar refractivity (Wildman–Crippen MR) is 136 cm³/mol. The lowest BCUT2D eigenvalue weighted by Crippen LogP contribution is -2.60. The molecule has 0 radical (unpaired) electrons. The predicted octanol–water partition coefficient (Wildman–Crippen LogP) is 2.37. The maximum absolute atomic E-state index is 6.22. The topological polar surface area (TPSA) is 111 Å². The quantitative estimate of drug-likeness (QED) is 0.315. The van der Waals surface area contributed by atoms with Crippen LogP contribution in [0.15, 0.2) is 12.2 Å². The Morgan fingerprint density at radius 2 is 0.950 bits per heavy atom. The van der Waals surface area contributed by atoms with E-state index in [9.17, 15) is 0 Å². The van der Waals surface area contributed by atoms with E-state index >= 15 is 0 Å². The second-order valence-electron chi connectivity index (χ2n) is 13.1. The number of ether oxygens (including phenoxy) is 12. The molecular formula is C28H44O12. The van der Waals surface area contributed by atoms with Gasteiger partial charge in [0.15, 0.2) is 23.1 Å². The van der Waals surface area contributed by atoms with Crippen LogP contribution in [0.5, 0.6) is 0 Å². The van der Waals surface area contributed by atoms with Gasteiger partial charge in [0.2, 0.25) is 11.6 Å². The molecule has 0 aromatic carbocycles. The average molecular weight is 573 g/mol. The fourth-order valence-corrected chi connectivity index (χ4v) is 6.57. The molecular weight excluding hydrogens is 528 g/mol. The van der Waals surface area contributed by atoms with Crippen LogP contribution in [0.4, 0.5) is 0 Å². The van der Waals surface area contributed by atoms with Crippen LogP contribution in [0.3, 0.4) is 0 Å². The molecule has 0 aromatic heterocycles. The second kappa shape index (κ2) is 9.90. The first kappa shape index (κ1) is 29.3. The van der Waals surface area contributed by atoms with Crippen LogP contribution in [0.25, 0.3) is 0 Å². The van der Waals surface area contributed by atoms with Gasteiger partial charge in [0.05, 0.1) is 26.4 Å². The summed E-state index contributed by atoms with van der Waals surface area (Å²) in [7, 11) is 0. The minimum Gasteiger partial charge on any atom is -0.372 e. The Labute approximate surface area is 235 Å². The van der Waals surface area contributed by atoms with Crippen molar-refractivity contribution in [1.82, 2.24) is 0 Å². The lowest BCUT2D eigenvalue weighted by molar-refractivity contribution is -0.298. The molecule has 0 aliphatic carbocycles. The van der Waals surface area contributed by atoms with Gasteiger partial charge in [-0.15, -0.1) is 0 Å². The van der Waals surface area contributed by atoms with Crippen LogP contribution in [-0.2, 0) is 56.8 Å². The van der Waals surface area contributed by atoms with Gasteiger partial charge < -0.3 is 56.8 Å². The highest BCUT2D eigenvalue weighted by Crippen LogP contribution is 2.49. The van der Waals surface area contributed by atoms with Crippen molar-refractivity contribution in [3.05, 3.63) is 12.2 Å². The molecule has 6 aliphatic rings. The van der Waals surface area contributed by atoms with Gasteiger partial charge in [0.1, 0.15) is 49.8 Å². The number of rotatable bonds is 8. The van der Waals surface area contributed by atoms with Crippen molar-refractivity contribution in [2.24, 2.45) is 0 Å². The zero-order valence-corrected chi connectivity index (χ0v) is 24.8. The summed E-state index contributed by atoms with van der Waals surface area (Å²) in [5.41, 5.74) is 0. The third kappa shape index (κ3) is 5.51. The van der Waals surface area contributed by atoms with Gasteiger partial charge in [0.25, 0.3) is 0 Å². The monoisotopic (exact) mass is 572 g/mol. The van der Waals surface area contributed by atoms with Gasteiger partial charge in [-0.1, -0.05) is 12.2 Å². The van der Waals surface area contributed by atoms with Crippen molar-refractivity contribution < 1.29 is 56.8 Å². The number of hydrogen-bond acceptors (Lipinski definition) is 12. The van der Waals surface area contributed by atoms with E-state index in [1.807, 2.05) is 67.5 Å². The van der Waals surface area contributed by atoms with E-state index in [1.54, 1.807) is 0 Å². The molecule has 8 atom stereocenters. The fraction of sp³-hybridized carbons (Fsp3) is 0.929. The van der Waals surface area contributed by atoms with Crippen molar-refractivity contribution in [3.63, 3.8) is 0 Å². The molecule has 0 saturated carbocycles. The van der Waals surface area contributed by atoms with Crippen LogP contribution >= 0.6 is 0 Å². The Kier molecular flexibility index (Phi) is 7.26. The summed E-state index contributed by atoms with van der Waals surface area (Å²) in [6, 6.07) is 0. The summed E-state index contributed by atoms with van der Waals surface area (Å²) in [4.78, 5) is 0. The summed E-state index contributed by atoms with van der Waals surface area (Å²) in [6.45, 7) is 16.7. The lowest BCUT2D eigenvalue weighted by Gasteiger charge is -2.40. The molecule has 6 heterocycles. The minimum atomic E-state index is -1.07. The average Bonchev–Trinajstić information content (AvgIpc) is 3.49. The zero-order valence-electron chi connectivity index (χ0n) is 24.8. The van der Waals surface area contributed by atoms with Gasteiger partial charge in [0, 0.05) is 0 Å². The molecule has 12 nitrogen and oxygen atoms in total. The molecule has 6 rings (SSSR count). The van der Waals surface area contributed by atoms with Crippen molar-refractivity contribution >= 4 is 0 Å². The normalized spacial score (nSPS) is 45.8. The molecule has 228 valence electrons. The van der Waals surface area contributed by atoms with Crippen LogP contribution in [0, 0.1) is 0 Å². The Bertz CT molecular complexity index is 904. The number of hydrogen-bond donors (Lipinski definition) is 0. The second-order valence-corrected chi connectivity index (χ2v) is 13.1. The van der Waals surface area contributed by atoms with Crippen molar-refractivity contribution in [2.75, 3.05) is 39.6 Å².